The molecule has 1 aliphatic heterocycles. The van der Waals surface area contributed by atoms with Crippen LogP contribution in [0.5, 0.6) is 23.0 Å². The molecule has 5 aromatic rings. The van der Waals surface area contributed by atoms with Crippen molar-refractivity contribution >= 4 is 22.5 Å². The summed E-state index contributed by atoms with van der Waals surface area (Å²) in [5.41, 5.74) is 2.28. The van der Waals surface area contributed by atoms with Crippen molar-refractivity contribution in [3.05, 3.63) is 181 Å². The van der Waals surface area contributed by atoms with Crippen molar-refractivity contribution in [2.45, 2.75) is 19.0 Å². The fraction of sp³-hybridized carbons (Fsp3) is 0.105. The molecule has 5 aromatic carbocycles. The van der Waals surface area contributed by atoms with Gasteiger partial charge in [0.2, 0.25) is 0 Å². The molecule has 7 rings (SSSR count). The van der Waals surface area contributed by atoms with E-state index in [9.17, 15) is 0 Å². The molecule has 48 heavy (non-hydrogen) atoms. The monoisotopic (exact) mass is 691 g/mol. The molecule has 1 heterocycles. The van der Waals surface area contributed by atoms with Gasteiger partial charge in [-0.05, 0) is 72.5 Å². The summed E-state index contributed by atoms with van der Waals surface area (Å²) in [5, 5.41) is 0. The van der Waals surface area contributed by atoms with Crippen LogP contribution in [0.15, 0.2) is 189 Å². The van der Waals surface area contributed by atoms with Gasteiger partial charge in [0.05, 0.1) is 0 Å². The maximum atomic E-state index is 6.91. The lowest BCUT2D eigenvalue weighted by molar-refractivity contribution is 0.460. The summed E-state index contributed by atoms with van der Waals surface area (Å²) in [7, 11) is -10.0. The smallest absolute Gasteiger partial charge is 0.413 e. The van der Waals surface area contributed by atoms with E-state index in [0.717, 1.165) is 18.4 Å². The molecule has 0 bridgehead atoms. The highest BCUT2D eigenvalue weighted by atomic mass is 31.3. The minimum Gasteiger partial charge on any atom is -0.413 e. The molecule has 7 nitrogen and oxygen atoms in total. The highest BCUT2D eigenvalue weighted by molar-refractivity contribution is 7.82. The standard InChI is InChI=1S/C38H36N3O4P3/c1-7-19-33(20-8-1)31-46(32-34-21-9-2-10-22-34)39-47(42-35-23-11-3-12-24-35,43-36-25-13-4-14-26-36)41-48(40-46,44-37-27-15-5-16-28-37)45-38-29-17-6-18-30-38/h1,3-9,11-30H,2,10,31-32H2. The predicted molar refractivity (Wildman–Crippen MR) is 198 cm³/mol. The molecule has 0 fully saturated rings. The Morgan fingerprint density at radius 1 is 0.438 bits per heavy atom. The molecule has 10 heteroatoms. The summed E-state index contributed by atoms with van der Waals surface area (Å²) in [5.74, 6) is 2.35. The van der Waals surface area contributed by atoms with E-state index in [1.807, 2.05) is 140 Å². The van der Waals surface area contributed by atoms with Gasteiger partial charge in [0.1, 0.15) is 30.2 Å². The summed E-state index contributed by atoms with van der Waals surface area (Å²) in [6.07, 6.45) is 9.82. The van der Waals surface area contributed by atoms with E-state index in [1.54, 1.807) is 0 Å². The summed E-state index contributed by atoms with van der Waals surface area (Å²) in [6.45, 7) is 0. The number of rotatable bonds is 12. The molecule has 1 aliphatic carbocycles. The molecule has 2 aliphatic rings. The first kappa shape index (κ1) is 32.0. The minimum atomic E-state index is -3.60. The van der Waals surface area contributed by atoms with Crippen LogP contribution in [-0.2, 0) is 6.16 Å². The highest BCUT2D eigenvalue weighted by Gasteiger charge is 2.45. The van der Waals surface area contributed by atoms with Crippen molar-refractivity contribution in [2.75, 3.05) is 6.16 Å². The molecule has 1 unspecified atom stereocenters. The molecule has 0 saturated heterocycles. The van der Waals surface area contributed by atoms with Gasteiger partial charge in [0.15, 0.2) is 0 Å². The van der Waals surface area contributed by atoms with E-state index < -0.39 is 22.5 Å². The van der Waals surface area contributed by atoms with Crippen LogP contribution in [-0.4, -0.2) is 6.16 Å². The Labute approximate surface area is 282 Å². The molecule has 0 radical (unpaired) electrons. The lowest BCUT2D eigenvalue weighted by Gasteiger charge is -2.34. The fourth-order valence-electron chi connectivity index (χ4n) is 5.41. The summed E-state index contributed by atoms with van der Waals surface area (Å²) >= 11 is 0. The zero-order chi connectivity index (χ0) is 32.5. The Balaban J connectivity index is 1.54. The van der Waals surface area contributed by atoms with Gasteiger partial charge in [-0.3, -0.25) is 0 Å². The molecular formula is C38H36N3O4P3. The number of nitrogens with zero attached hydrogens (tertiary/aromatic N) is 3. The molecule has 1 atom stereocenters. The highest BCUT2D eigenvalue weighted by Crippen LogP contribution is 2.79. The average Bonchev–Trinajstić information content (AvgIpc) is 3.10. The molecule has 0 N–H and O–H groups in total. The van der Waals surface area contributed by atoms with Crippen LogP contribution in [0, 0.1) is 0 Å². The Kier molecular flexibility index (Phi) is 9.82. The summed E-state index contributed by atoms with van der Waals surface area (Å²) < 4.78 is 44.3. The number of allylic oxidation sites excluding steroid dienone is 4. The van der Waals surface area contributed by atoms with Crippen LogP contribution in [0.3, 0.4) is 0 Å². The van der Waals surface area contributed by atoms with Gasteiger partial charge in [0, 0.05) is 12.3 Å². The minimum absolute atomic E-state index is 0.560. The van der Waals surface area contributed by atoms with Crippen LogP contribution in [0.25, 0.3) is 0 Å². The van der Waals surface area contributed by atoms with Gasteiger partial charge < -0.3 is 18.1 Å². The number of hydrogen-bond donors (Lipinski definition) is 0. The third-order valence-corrected chi connectivity index (χ3v) is 17.3. The first-order valence-electron chi connectivity index (χ1n) is 15.9. The van der Waals surface area contributed by atoms with Crippen molar-refractivity contribution < 1.29 is 18.1 Å². The predicted octanol–water partition coefficient (Wildman–Crippen LogP) is 12.8. The van der Waals surface area contributed by atoms with Crippen molar-refractivity contribution in [1.29, 1.82) is 0 Å². The Bertz CT molecular complexity index is 1880. The maximum absolute atomic E-state index is 6.91. The third-order valence-electron chi connectivity index (χ3n) is 7.44. The van der Waals surface area contributed by atoms with Gasteiger partial charge in [-0.25, -0.2) is 0 Å². The summed E-state index contributed by atoms with van der Waals surface area (Å²) in [6, 6.07) is 48.7. The maximum Gasteiger partial charge on any atom is 0.455 e. The van der Waals surface area contributed by atoms with E-state index >= 15 is 0 Å². The molecule has 242 valence electrons. The first-order valence-corrected chi connectivity index (χ1v) is 21.0. The van der Waals surface area contributed by atoms with Gasteiger partial charge in [-0.15, -0.1) is 0 Å². The second-order valence-electron chi connectivity index (χ2n) is 11.3. The van der Waals surface area contributed by atoms with Crippen LogP contribution in [0.4, 0.5) is 0 Å². The fourth-order valence-corrected chi connectivity index (χ4v) is 16.9. The zero-order valence-corrected chi connectivity index (χ0v) is 29.0. The number of para-hydroxylation sites is 4. The largest absolute Gasteiger partial charge is 0.455 e. The average molecular weight is 692 g/mol. The van der Waals surface area contributed by atoms with Crippen LogP contribution >= 0.6 is 22.5 Å². The molecule has 0 spiro atoms. The van der Waals surface area contributed by atoms with E-state index in [-0.39, 0.29) is 0 Å². The van der Waals surface area contributed by atoms with Crippen molar-refractivity contribution in [3.63, 3.8) is 0 Å². The van der Waals surface area contributed by atoms with Gasteiger partial charge >= 0.3 is 15.3 Å². The SMILES string of the molecule is C1=CC(CP2(Cc3ccccc3)=NP(Oc3ccccc3)(Oc3ccccc3)=NP(Oc3ccccc3)(Oc3ccccc3)=N2)=CCC1. The zero-order valence-electron chi connectivity index (χ0n) is 26.3. The van der Waals surface area contributed by atoms with Crippen LogP contribution in [0.1, 0.15) is 18.4 Å². The second kappa shape index (κ2) is 14.7. The van der Waals surface area contributed by atoms with Crippen molar-refractivity contribution in [3.8, 4) is 23.0 Å². The van der Waals surface area contributed by atoms with Gasteiger partial charge in [-0.1, -0.05) is 126 Å². The molecule has 0 amide bonds. The van der Waals surface area contributed by atoms with Crippen molar-refractivity contribution in [1.82, 2.24) is 0 Å². The molecule has 0 saturated carbocycles. The van der Waals surface area contributed by atoms with E-state index in [0.29, 0.717) is 35.3 Å². The Morgan fingerprint density at radius 3 is 1.27 bits per heavy atom. The Hall–Kier alpha value is -4.53. The van der Waals surface area contributed by atoms with E-state index in [1.165, 1.54) is 5.57 Å². The molecular weight excluding hydrogens is 655 g/mol. The third kappa shape index (κ3) is 8.12. The first-order chi connectivity index (χ1) is 23.6. The van der Waals surface area contributed by atoms with E-state index in [4.69, 9.17) is 31.6 Å². The quantitative estimate of drug-likeness (QED) is 0.122. The number of hydrogen-bond acceptors (Lipinski definition) is 7. The second-order valence-corrected chi connectivity index (χ2v) is 18.5. The summed E-state index contributed by atoms with van der Waals surface area (Å²) in [4.78, 5) is 0. The van der Waals surface area contributed by atoms with Crippen molar-refractivity contribution in [2.24, 2.45) is 13.5 Å². The Morgan fingerprint density at radius 2 is 0.854 bits per heavy atom. The number of benzene rings is 5. The molecule has 0 aromatic heterocycles. The van der Waals surface area contributed by atoms with E-state index in [2.05, 4.69) is 30.4 Å². The van der Waals surface area contributed by atoms with Crippen LogP contribution in [0.2, 0.25) is 0 Å². The topological polar surface area (TPSA) is 74.0 Å². The normalized spacial score (nSPS) is 19.0. The lowest BCUT2D eigenvalue weighted by Crippen LogP contribution is -2.10. The van der Waals surface area contributed by atoms with Crippen LogP contribution < -0.4 is 18.1 Å². The van der Waals surface area contributed by atoms with Gasteiger partial charge in [0.25, 0.3) is 0 Å². The lowest BCUT2D eigenvalue weighted by atomic mass is 10.1. The van der Waals surface area contributed by atoms with Gasteiger partial charge in [-0.2, -0.15) is 9.03 Å².